The molecule has 1 aromatic heterocycles. The average molecular weight is 210 g/mol. The number of hydrogen-bond donors (Lipinski definition) is 1. The third-order valence-corrected chi connectivity index (χ3v) is 3.94. The van der Waals surface area contributed by atoms with Crippen LogP contribution in [0.2, 0.25) is 0 Å². The summed E-state index contributed by atoms with van der Waals surface area (Å²) in [5.41, 5.74) is 1.33. The average Bonchev–Trinajstić information content (AvgIpc) is 2.65. The van der Waals surface area contributed by atoms with Gasteiger partial charge in [-0.3, -0.25) is 0 Å². The van der Waals surface area contributed by atoms with Crippen LogP contribution in [0.3, 0.4) is 0 Å². The molecule has 1 N–H and O–H groups in total. The molecule has 0 bridgehead atoms. The summed E-state index contributed by atoms with van der Waals surface area (Å²) in [7, 11) is 0. The first-order valence-electron chi connectivity index (χ1n) is 5.44. The van der Waals surface area contributed by atoms with Crippen molar-refractivity contribution in [1.29, 1.82) is 0 Å². The predicted molar refractivity (Wildman–Crippen MR) is 60.9 cm³/mol. The minimum atomic E-state index is 0.700. The molecule has 0 aliphatic carbocycles. The summed E-state index contributed by atoms with van der Waals surface area (Å²) >= 11 is 1.78. The van der Waals surface area contributed by atoms with E-state index in [4.69, 9.17) is 0 Å². The Morgan fingerprint density at radius 2 is 2.50 bits per heavy atom. The van der Waals surface area contributed by atoms with E-state index >= 15 is 0 Å². The van der Waals surface area contributed by atoms with Crippen LogP contribution in [0.15, 0.2) is 5.38 Å². The Bertz CT molecular complexity index is 295. The van der Waals surface area contributed by atoms with Gasteiger partial charge in [-0.25, -0.2) is 4.98 Å². The summed E-state index contributed by atoms with van der Waals surface area (Å²) in [6.07, 6.45) is 2.51. The molecule has 0 amide bonds. The zero-order chi connectivity index (χ0) is 9.97. The van der Waals surface area contributed by atoms with E-state index in [2.05, 4.69) is 29.5 Å². The molecule has 2 rings (SSSR count). The quantitative estimate of drug-likeness (QED) is 0.811. The lowest BCUT2D eigenvalue weighted by Crippen LogP contribution is -2.35. The van der Waals surface area contributed by atoms with Crippen LogP contribution in [0.25, 0.3) is 0 Å². The van der Waals surface area contributed by atoms with Gasteiger partial charge >= 0.3 is 0 Å². The molecule has 1 fully saturated rings. The van der Waals surface area contributed by atoms with Crippen LogP contribution in [0.4, 0.5) is 0 Å². The molecular formula is C11H18N2S. The molecule has 2 nitrogen and oxygen atoms in total. The Labute approximate surface area is 89.8 Å². The highest BCUT2D eigenvalue weighted by Gasteiger charge is 2.26. The lowest BCUT2D eigenvalue weighted by atomic mass is 9.83. The van der Waals surface area contributed by atoms with Crippen molar-refractivity contribution in [3.8, 4) is 0 Å². The predicted octanol–water partition coefficient (Wildman–Crippen LogP) is 2.55. The van der Waals surface area contributed by atoms with Gasteiger partial charge in [0.05, 0.1) is 10.7 Å². The van der Waals surface area contributed by atoms with Gasteiger partial charge in [0.25, 0.3) is 0 Å². The van der Waals surface area contributed by atoms with Gasteiger partial charge in [-0.1, -0.05) is 13.3 Å². The summed E-state index contributed by atoms with van der Waals surface area (Å²) in [5.74, 6) is 1.48. The zero-order valence-corrected chi connectivity index (χ0v) is 9.73. The van der Waals surface area contributed by atoms with E-state index in [1.54, 1.807) is 11.3 Å². The van der Waals surface area contributed by atoms with Crippen molar-refractivity contribution in [2.45, 2.75) is 32.6 Å². The number of aromatic nitrogens is 1. The number of piperidine rings is 1. The molecule has 1 aromatic rings. The van der Waals surface area contributed by atoms with E-state index in [-0.39, 0.29) is 0 Å². The highest BCUT2D eigenvalue weighted by atomic mass is 32.1. The maximum absolute atomic E-state index is 4.62. The lowest BCUT2D eigenvalue weighted by molar-refractivity contribution is 0.314. The fourth-order valence-electron chi connectivity index (χ4n) is 2.29. The van der Waals surface area contributed by atoms with Crippen molar-refractivity contribution >= 4 is 11.3 Å². The molecule has 2 atom stereocenters. The normalized spacial score (nSPS) is 27.9. The summed E-state index contributed by atoms with van der Waals surface area (Å²) < 4.78 is 0. The van der Waals surface area contributed by atoms with E-state index in [1.165, 1.54) is 23.5 Å². The van der Waals surface area contributed by atoms with Crippen molar-refractivity contribution in [3.63, 3.8) is 0 Å². The van der Waals surface area contributed by atoms with Gasteiger partial charge in [0.1, 0.15) is 0 Å². The molecule has 1 saturated heterocycles. The van der Waals surface area contributed by atoms with Crippen LogP contribution in [0.5, 0.6) is 0 Å². The molecule has 0 spiro atoms. The van der Waals surface area contributed by atoms with Gasteiger partial charge in [0.2, 0.25) is 0 Å². The first-order valence-corrected chi connectivity index (χ1v) is 6.32. The van der Waals surface area contributed by atoms with Crippen molar-refractivity contribution in [1.82, 2.24) is 10.3 Å². The standard InChI is InChI=1S/C11H18N2S/c1-3-9-6-12-5-4-10(9)11-7-14-8(2)13-11/h7,9-10,12H,3-6H2,1-2H3. The third kappa shape index (κ3) is 1.98. The summed E-state index contributed by atoms with van der Waals surface area (Å²) in [6.45, 7) is 6.69. The van der Waals surface area contributed by atoms with Crippen LogP contribution >= 0.6 is 11.3 Å². The molecule has 14 heavy (non-hydrogen) atoms. The number of nitrogens with one attached hydrogen (secondary N) is 1. The molecule has 2 heterocycles. The minimum Gasteiger partial charge on any atom is -0.316 e. The fraction of sp³-hybridized carbons (Fsp3) is 0.727. The van der Waals surface area contributed by atoms with Gasteiger partial charge < -0.3 is 5.32 Å². The number of aryl methyl sites for hydroxylation is 1. The Kier molecular flexibility index (Phi) is 3.19. The van der Waals surface area contributed by atoms with Crippen molar-refractivity contribution < 1.29 is 0 Å². The summed E-state index contributed by atoms with van der Waals surface area (Å²) in [6, 6.07) is 0. The van der Waals surface area contributed by atoms with E-state index in [1.807, 2.05) is 0 Å². The summed E-state index contributed by atoms with van der Waals surface area (Å²) in [4.78, 5) is 4.62. The van der Waals surface area contributed by atoms with Crippen LogP contribution in [0, 0.1) is 12.8 Å². The number of thiazole rings is 1. The van der Waals surface area contributed by atoms with Crippen LogP contribution < -0.4 is 5.32 Å². The Morgan fingerprint density at radius 1 is 1.64 bits per heavy atom. The molecule has 0 radical (unpaired) electrons. The second kappa shape index (κ2) is 4.41. The molecule has 1 aliphatic rings. The Morgan fingerprint density at radius 3 is 3.14 bits per heavy atom. The molecule has 2 unspecified atom stereocenters. The van der Waals surface area contributed by atoms with E-state index < -0.39 is 0 Å². The summed E-state index contributed by atoms with van der Waals surface area (Å²) in [5, 5.41) is 6.91. The SMILES string of the molecule is CCC1CNCCC1c1csc(C)n1. The van der Waals surface area contributed by atoms with Crippen molar-refractivity contribution in [3.05, 3.63) is 16.1 Å². The van der Waals surface area contributed by atoms with Crippen molar-refractivity contribution in [2.24, 2.45) is 5.92 Å². The number of hydrogen-bond acceptors (Lipinski definition) is 3. The highest BCUT2D eigenvalue weighted by Crippen LogP contribution is 2.32. The highest BCUT2D eigenvalue weighted by molar-refractivity contribution is 7.09. The lowest BCUT2D eigenvalue weighted by Gasteiger charge is -2.30. The largest absolute Gasteiger partial charge is 0.316 e. The number of rotatable bonds is 2. The molecule has 1 aliphatic heterocycles. The van der Waals surface area contributed by atoms with Gasteiger partial charge in [0, 0.05) is 11.3 Å². The van der Waals surface area contributed by atoms with E-state index in [9.17, 15) is 0 Å². The topological polar surface area (TPSA) is 24.9 Å². The smallest absolute Gasteiger partial charge is 0.0897 e. The molecule has 0 aromatic carbocycles. The Hall–Kier alpha value is -0.410. The molecule has 3 heteroatoms. The monoisotopic (exact) mass is 210 g/mol. The maximum atomic E-state index is 4.62. The van der Waals surface area contributed by atoms with Gasteiger partial charge in [-0.2, -0.15) is 0 Å². The second-order valence-corrected chi connectivity index (χ2v) is 5.12. The number of nitrogens with zero attached hydrogens (tertiary/aromatic N) is 1. The minimum absolute atomic E-state index is 0.700. The first-order chi connectivity index (χ1) is 6.81. The first kappa shape index (κ1) is 10.1. The van der Waals surface area contributed by atoms with Crippen LogP contribution in [0.1, 0.15) is 36.4 Å². The maximum Gasteiger partial charge on any atom is 0.0897 e. The van der Waals surface area contributed by atoms with Crippen LogP contribution in [-0.2, 0) is 0 Å². The van der Waals surface area contributed by atoms with Gasteiger partial charge in [-0.05, 0) is 32.4 Å². The van der Waals surface area contributed by atoms with Gasteiger partial charge in [-0.15, -0.1) is 11.3 Å². The van der Waals surface area contributed by atoms with E-state index in [0.29, 0.717) is 5.92 Å². The molecule has 0 saturated carbocycles. The second-order valence-electron chi connectivity index (χ2n) is 4.06. The van der Waals surface area contributed by atoms with Crippen LogP contribution in [-0.4, -0.2) is 18.1 Å². The third-order valence-electron chi connectivity index (χ3n) is 3.15. The zero-order valence-electron chi connectivity index (χ0n) is 8.92. The Balaban J connectivity index is 2.14. The fourth-order valence-corrected chi connectivity index (χ4v) is 2.97. The van der Waals surface area contributed by atoms with Crippen molar-refractivity contribution in [2.75, 3.05) is 13.1 Å². The molecular weight excluding hydrogens is 192 g/mol. The van der Waals surface area contributed by atoms with Gasteiger partial charge in [0.15, 0.2) is 0 Å². The van der Waals surface area contributed by atoms with E-state index in [0.717, 1.165) is 19.0 Å². The molecule has 78 valence electrons.